The molecule has 1 N–H and O–H groups in total. The molecule has 0 heterocycles. The second-order valence-electron chi connectivity index (χ2n) is 8.44. The van der Waals surface area contributed by atoms with Crippen LogP contribution in [-0.4, -0.2) is 43.0 Å². The summed E-state index contributed by atoms with van der Waals surface area (Å²) in [6.45, 7) is 8.39. The molecule has 0 bridgehead atoms. The van der Waals surface area contributed by atoms with Gasteiger partial charge in [-0.1, -0.05) is 49.7 Å². The maximum Gasteiger partial charge on any atom is 0.243 e. The van der Waals surface area contributed by atoms with Crippen LogP contribution in [-0.2, 0) is 22.6 Å². The first kappa shape index (κ1) is 26.2. The molecule has 0 aromatic heterocycles. The van der Waals surface area contributed by atoms with Crippen LogP contribution in [0.3, 0.4) is 0 Å². The summed E-state index contributed by atoms with van der Waals surface area (Å²) in [5, 5.41) is 3.05. The van der Waals surface area contributed by atoms with Gasteiger partial charge in [-0.2, -0.15) is 0 Å². The van der Waals surface area contributed by atoms with Gasteiger partial charge in [0.05, 0.1) is 14.2 Å². The lowest BCUT2D eigenvalue weighted by molar-refractivity contribution is -0.141. The third-order valence-electron chi connectivity index (χ3n) is 5.94. The molecule has 2 rings (SSSR count). The molecule has 0 aliphatic heterocycles. The van der Waals surface area contributed by atoms with Crippen molar-refractivity contribution in [1.82, 2.24) is 10.2 Å². The van der Waals surface area contributed by atoms with Crippen LogP contribution in [0.1, 0.15) is 56.7 Å². The molecular weight excluding hydrogens is 416 g/mol. The molecule has 0 aliphatic rings. The standard InChI is InChI=1S/C27H38N2O4/c1-7-20(4)28-27(31)23(8-2)29(18-22-11-9-19(3)10-12-22)26(30)16-14-21-13-15-24(32-5)25(17-21)33-6/h9-13,15,17,20,23H,7-8,14,16,18H2,1-6H3,(H,28,31)/t20-,23-/m0/s1. The predicted molar refractivity (Wildman–Crippen MR) is 132 cm³/mol. The average molecular weight is 455 g/mol. The number of carbonyl (C=O) groups excluding carboxylic acids is 2. The smallest absolute Gasteiger partial charge is 0.243 e. The Hall–Kier alpha value is -3.02. The molecule has 2 aromatic rings. The van der Waals surface area contributed by atoms with Gasteiger partial charge in [0.25, 0.3) is 0 Å². The molecule has 6 heteroatoms. The van der Waals surface area contributed by atoms with E-state index < -0.39 is 6.04 Å². The normalized spacial score (nSPS) is 12.5. The van der Waals surface area contributed by atoms with Crippen molar-refractivity contribution >= 4 is 11.8 Å². The van der Waals surface area contributed by atoms with Gasteiger partial charge in [0, 0.05) is 19.0 Å². The minimum atomic E-state index is -0.516. The summed E-state index contributed by atoms with van der Waals surface area (Å²) in [5.41, 5.74) is 3.15. The maximum atomic E-state index is 13.4. The van der Waals surface area contributed by atoms with Gasteiger partial charge in [0.15, 0.2) is 11.5 Å². The Labute approximate surface area is 198 Å². The zero-order valence-corrected chi connectivity index (χ0v) is 20.8. The van der Waals surface area contributed by atoms with Crippen molar-refractivity contribution in [2.45, 2.75) is 72.0 Å². The van der Waals surface area contributed by atoms with E-state index in [4.69, 9.17) is 9.47 Å². The van der Waals surface area contributed by atoms with Gasteiger partial charge in [0.1, 0.15) is 6.04 Å². The number of nitrogens with zero attached hydrogens (tertiary/aromatic N) is 1. The van der Waals surface area contributed by atoms with Gasteiger partial charge >= 0.3 is 0 Å². The van der Waals surface area contributed by atoms with Crippen LogP contribution in [0, 0.1) is 6.92 Å². The lowest BCUT2D eigenvalue weighted by atomic mass is 10.0. The zero-order valence-electron chi connectivity index (χ0n) is 20.8. The molecule has 2 amide bonds. The Kier molecular flexibility index (Phi) is 10.2. The maximum absolute atomic E-state index is 13.4. The summed E-state index contributed by atoms with van der Waals surface area (Å²) >= 11 is 0. The van der Waals surface area contributed by atoms with Crippen molar-refractivity contribution in [1.29, 1.82) is 0 Å². The molecule has 6 nitrogen and oxygen atoms in total. The topological polar surface area (TPSA) is 67.9 Å². The predicted octanol–water partition coefficient (Wildman–Crippen LogP) is 4.67. The number of hydrogen-bond donors (Lipinski definition) is 1. The van der Waals surface area contributed by atoms with E-state index in [1.807, 2.05) is 70.2 Å². The van der Waals surface area contributed by atoms with Crippen LogP contribution in [0.15, 0.2) is 42.5 Å². The molecule has 0 unspecified atom stereocenters. The number of nitrogens with one attached hydrogen (secondary N) is 1. The molecule has 2 aromatic carbocycles. The number of aryl methyl sites for hydroxylation is 2. The zero-order chi connectivity index (χ0) is 24.4. The van der Waals surface area contributed by atoms with E-state index in [0.717, 1.165) is 23.1 Å². The van der Waals surface area contributed by atoms with Crippen LogP contribution in [0.5, 0.6) is 11.5 Å². The summed E-state index contributed by atoms with van der Waals surface area (Å²) in [4.78, 5) is 28.2. The molecular formula is C27H38N2O4. The first-order valence-electron chi connectivity index (χ1n) is 11.7. The highest BCUT2D eigenvalue weighted by atomic mass is 16.5. The van der Waals surface area contributed by atoms with Gasteiger partial charge in [-0.25, -0.2) is 0 Å². The summed E-state index contributed by atoms with van der Waals surface area (Å²) in [6.07, 6.45) is 2.24. The van der Waals surface area contributed by atoms with E-state index >= 15 is 0 Å². The molecule has 0 fully saturated rings. The summed E-state index contributed by atoms with van der Waals surface area (Å²) in [5.74, 6) is 1.15. The van der Waals surface area contributed by atoms with Gasteiger partial charge < -0.3 is 19.7 Å². The van der Waals surface area contributed by atoms with E-state index in [1.54, 1.807) is 19.1 Å². The number of amides is 2. The van der Waals surface area contributed by atoms with Crippen molar-refractivity contribution in [3.8, 4) is 11.5 Å². The van der Waals surface area contributed by atoms with Crippen molar-refractivity contribution < 1.29 is 19.1 Å². The third kappa shape index (κ3) is 7.52. The van der Waals surface area contributed by atoms with Crippen LogP contribution in [0.4, 0.5) is 0 Å². The Morgan fingerprint density at radius 3 is 2.15 bits per heavy atom. The van der Waals surface area contributed by atoms with Crippen LogP contribution < -0.4 is 14.8 Å². The van der Waals surface area contributed by atoms with Crippen molar-refractivity contribution in [2.75, 3.05) is 14.2 Å². The lowest BCUT2D eigenvalue weighted by Gasteiger charge is -2.31. The van der Waals surface area contributed by atoms with E-state index in [0.29, 0.717) is 37.3 Å². The first-order chi connectivity index (χ1) is 15.8. The fraction of sp³-hybridized carbons (Fsp3) is 0.481. The Morgan fingerprint density at radius 2 is 1.58 bits per heavy atom. The van der Waals surface area contributed by atoms with E-state index in [9.17, 15) is 9.59 Å². The minimum absolute atomic E-state index is 0.0449. The van der Waals surface area contributed by atoms with Crippen LogP contribution in [0.2, 0.25) is 0 Å². The second kappa shape index (κ2) is 12.9. The van der Waals surface area contributed by atoms with E-state index in [1.165, 1.54) is 0 Å². The van der Waals surface area contributed by atoms with Crippen molar-refractivity contribution in [3.05, 3.63) is 59.2 Å². The highest BCUT2D eigenvalue weighted by Gasteiger charge is 2.29. The first-order valence-corrected chi connectivity index (χ1v) is 11.7. The number of carbonyl (C=O) groups is 2. The lowest BCUT2D eigenvalue weighted by Crippen LogP contribution is -2.50. The third-order valence-corrected chi connectivity index (χ3v) is 5.94. The number of methoxy groups -OCH3 is 2. The quantitative estimate of drug-likeness (QED) is 0.506. The fourth-order valence-electron chi connectivity index (χ4n) is 3.68. The Morgan fingerprint density at radius 1 is 0.939 bits per heavy atom. The van der Waals surface area contributed by atoms with E-state index in [2.05, 4.69) is 5.32 Å². The number of benzene rings is 2. The highest BCUT2D eigenvalue weighted by molar-refractivity contribution is 5.88. The second-order valence-corrected chi connectivity index (χ2v) is 8.44. The van der Waals surface area contributed by atoms with Gasteiger partial charge in [-0.15, -0.1) is 0 Å². The molecule has 33 heavy (non-hydrogen) atoms. The van der Waals surface area contributed by atoms with Crippen LogP contribution >= 0.6 is 0 Å². The number of rotatable bonds is 12. The Bertz CT molecular complexity index is 911. The molecule has 0 saturated carbocycles. The molecule has 2 atom stereocenters. The molecule has 0 radical (unpaired) electrons. The van der Waals surface area contributed by atoms with E-state index in [-0.39, 0.29) is 17.9 Å². The summed E-state index contributed by atoms with van der Waals surface area (Å²) < 4.78 is 10.7. The Balaban J connectivity index is 2.22. The summed E-state index contributed by atoms with van der Waals surface area (Å²) in [7, 11) is 3.19. The van der Waals surface area contributed by atoms with Crippen molar-refractivity contribution in [3.63, 3.8) is 0 Å². The summed E-state index contributed by atoms with van der Waals surface area (Å²) in [6, 6.07) is 13.3. The SMILES string of the molecule is CC[C@H](C)NC(=O)[C@H](CC)N(Cc1ccc(C)cc1)C(=O)CCc1ccc(OC)c(OC)c1. The van der Waals surface area contributed by atoms with Gasteiger partial charge in [-0.05, 0) is 56.4 Å². The molecule has 0 saturated heterocycles. The molecule has 0 aliphatic carbocycles. The van der Waals surface area contributed by atoms with Gasteiger partial charge in [0.2, 0.25) is 11.8 Å². The van der Waals surface area contributed by atoms with Crippen molar-refractivity contribution in [2.24, 2.45) is 0 Å². The fourth-order valence-corrected chi connectivity index (χ4v) is 3.68. The number of ether oxygens (including phenoxy) is 2. The average Bonchev–Trinajstić information content (AvgIpc) is 2.83. The molecule has 180 valence electrons. The number of hydrogen-bond acceptors (Lipinski definition) is 4. The minimum Gasteiger partial charge on any atom is -0.493 e. The molecule has 0 spiro atoms. The highest BCUT2D eigenvalue weighted by Crippen LogP contribution is 2.28. The van der Waals surface area contributed by atoms with Gasteiger partial charge in [-0.3, -0.25) is 9.59 Å². The monoisotopic (exact) mass is 454 g/mol. The van der Waals surface area contributed by atoms with Crippen LogP contribution in [0.25, 0.3) is 0 Å². The largest absolute Gasteiger partial charge is 0.493 e.